The fraction of sp³-hybridized carbons (Fsp3) is 0.316. The van der Waals surface area contributed by atoms with Gasteiger partial charge < -0.3 is 14.9 Å². The first kappa shape index (κ1) is 15.6. The zero-order valence-corrected chi connectivity index (χ0v) is 14.0. The molecular formula is C19H20N4O2. The standard InChI is InChI=1S/C19H20N4O2/c1-12(23-11-20-16-5-2-3-8-17(16)23)19(25)22-15-7-4-6-14-13(15)9-10-18(24)21-14/h2-3,5,8-12,15H,4,6-7H2,1H3,(H,21,24)(H,22,25)/t12-,15+/m1/s1. The number of nitrogens with zero attached hydrogens (tertiary/aromatic N) is 2. The fourth-order valence-electron chi connectivity index (χ4n) is 3.56. The number of para-hydroxylation sites is 2. The number of aromatic nitrogens is 3. The smallest absolute Gasteiger partial charge is 0.248 e. The topological polar surface area (TPSA) is 79.8 Å². The molecule has 0 bridgehead atoms. The summed E-state index contributed by atoms with van der Waals surface area (Å²) in [5.74, 6) is -0.0489. The zero-order chi connectivity index (χ0) is 17.4. The largest absolute Gasteiger partial charge is 0.347 e. The van der Waals surface area contributed by atoms with Crippen molar-refractivity contribution in [3.8, 4) is 0 Å². The predicted octanol–water partition coefficient (Wildman–Crippen LogP) is 2.48. The first-order valence-electron chi connectivity index (χ1n) is 8.57. The summed E-state index contributed by atoms with van der Waals surface area (Å²) in [6.07, 6.45) is 4.38. The van der Waals surface area contributed by atoms with Crippen molar-refractivity contribution in [3.05, 3.63) is 64.3 Å². The minimum Gasteiger partial charge on any atom is -0.347 e. The molecule has 1 aliphatic carbocycles. The summed E-state index contributed by atoms with van der Waals surface area (Å²) >= 11 is 0. The van der Waals surface area contributed by atoms with E-state index in [0.717, 1.165) is 41.6 Å². The van der Waals surface area contributed by atoms with Crippen LogP contribution in [-0.2, 0) is 11.2 Å². The van der Waals surface area contributed by atoms with Crippen molar-refractivity contribution >= 4 is 16.9 Å². The predicted molar refractivity (Wildman–Crippen MR) is 95.3 cm³/mol. The molecule has 6 nitrogen and oxygen atoms in total. The van der Waals surface area contributed by atoms with Gasteiger partial charge in [-0.15, -0.1) is 0 Å². The normalized spacial score (nSPS) is 17.9. The molecule has 0 saturated carbocycles. The van der Waals surface area contributed by atoms with Gasteiger partial charge in [-0.25, -0.2) is 4.98 Å². The monoisotopic (exact) mass is 336 g/mol. The molecule has 1 aliphatic rings. The van der Waals surface area contributed by atoms with E-state index in [1.54, 1.807) is 6.33 Å². The van der Waals surface area contributed by atoms with E-state index in [2.05, 4.69) is 15.3 Å². The van der Waals surface area contributed by atoms with Gasteiger partial charge in [-0.05, 0) is 49.9 Å². The highest BCUT2D eigenvalue weighted by atomic mass is 16.2. The number of nitrogens with one attached hydrogen (secondary N) is 2. The van der Waals surface area contributed by atoms with Gasteiger partial charge in [0, 0.05) is 11.8 Å². The van der Waals surface area contributed by atoms with Gasteiger partial charge in [0.05, 0.1) is 23.4 Å². The summed E-state index contributed by atoms with van der Waals surface area (Å²) in [4.78, 5) is 31.6. The van der Waals surface area contributed by atoms with Crippen LogP contribution in [0.4, 0.5) is 0 Å². The number of carbonyl (C=O) groups excluding carboxylic acids is 1. The van der Waals surface area contributed by atoms with Crippen molar-refractivity contribution in [3.63, 3.8) is 0 Å². The van der Waals surface area contributed by atoms with Gasteiger partial charge in [0.2, 0.25) is 11.5 Å². The van der Waals surface area contributed by atoms with Crippen molar-refractivity contribution in [2.24, 2.45) is 0 Å². The van der Waals surface area contributed by atoms with Crippen LogP contribution in [0, 0.1) is 0 Å². The lowest BCUT2D eigenvalue weighted by atomic mass is 9.91. The third kappa shape index (κ3) is 2.84. The van der Waals surface area contributed by atoms with Crippen LogP contribution in [0.2, 0.25) is 0 Å². The maximum absolute atomic E-state index is 12.8. The van der Waals surface area contributed by atoms with E-state index >= 15 is 0 Å². The number of aromatic amines is 1. The van der Waals surface area contributed by atoms with Gasteiger partial charge in [-0.1, -0.05) is 12.1 Å². The average Bonchev–Trinajstić information content (AvgIpc) is 3.05. The summed E-state index contributed by atoms with van der Waals surface area (Å²) in [5.41, 5.74) is 3.68. The Bertz CT molecular complexity index is 988. The number of benzene rings is 1. The molecule has 4 rings (SSSR count). The van der Waals surface area contributed by atoms with Gasteiger partial charge in [-0.3, -0.25) is 9.59 Å². The minimum atomic E-state index is -0.361. The summed E-state index contributed by atoms with van der Waals surface area (Å²) in [6.45, 7) is 1.88. The first-order chi connectivity index (χ1) is 12.1. The molecule has 2 heterocycles. The van der Waals surface area contributed by atoms with Gasteiger partial charge in [0.25, 0.3) is 0 Å². The molecular weight excluding hydrogens is 316 g/mol. The molecule has 0 unspecified atom stereocenters. The first-order valence-corrected chi connectivity index (χ1v) is 8.57. The molecule has 0 radical (unpaired) electrons. The van der Waals surface area contributed by atoms with Gasteiger partial charge in [0.15, 0.2) is 0 Å². The van der Waals surface area contributed by atoms with Crippen LogP contribution in [0.15, 0.2) is 47.5 Å². The van der Waals surface area contributed by atoms with E-state index in [0.29, 0.717) is 0 Å². The molecule has 0 fully saturated rings. The number of fused-ring (bicyclic) bond motifs is 2. The molecule has 2 aromatic heterocycles. The van der Waals surface area contributed by atoms with Gasteiger partial charge >= 0.3 is 0 Å². The van der Waals surface area contributed by atoms with Crippen molar-refractivity contribution in [1.82, 2.24) is 19.9 Å². The van der Waals surface area contributed by atoms with Crippen LogP contribution < -0.4 is 10.9 Å². The number of amides is 1. The molecule has 25 heavy (non-hydrogen) atoms. The van der Waals surface area contributed by atoms with Crippen LogP contribution in [0.3, 0.4) is 0 Å². The Labute approximate surface area is 144 Å². The quantitative estimate of drug-likeness (QED) is 0.771. The van der Waals surface area contributed by atoms with Crippen molar-refractivity contribution in [2.45, 2.75) is 38.3 Å². The highest BCUT2D eigenvalue weighted by Gasteiger charge is 2.25. The second-order valence-corrected chi connectivity index (χ2v) is 6.53. The van der Waals surface area contributed by atoms with Crippen LogP contribution in [0.1, 0.15) is 43.1 Å². The molecule has 2 atom stereocenters. The lowest BCUT2D eigenvalue weighted by Crippen LogP contribution is -2.36. The van der Waals surface area contributed by atoms with Crippen molar-refractivity contribution in [1.29, 1.82) is 0 Å². The second kappa shape index (κ2) is 6.20. The highest BCUT2D eigenvalue weighted by Crippen LogP contribution is 2.28. The van der Waals surface area contributed by atoms with Gasteiger partial charge in [0.1, 0.15) is 6.04 Å². The van der Waals surface area contributed by atoms with E-state index in [1.807, 2.05) is 41.8 Å². The number of hydrogen-bond acceptors (Lipinski definition) is 3. The Morgan fingerprint density at radius 3 is 3.04 bits per heavy atom. The van der Waals surface area contributed by atoms with Crippen molar-refractivity contribution in [2.75, 3.05) is 0 Å². The van der Waals surface area contributed by atoms with Crippen molar-refractivity contribution < 1.29 is 4.79 Å². The Morgan fingerprint density at radius 1 is 1.32 bits per heavy atom. The molecule has 0 aliphatic heterocycles. The molecule has 6 heteroatoms. The number of H-pyrrole nitrogens is 1. The molecule has 3 aromatic rings. The van der Waals surface area contributed by atoms with E-state index in [1.165, 1.54) is 6.07 Å². The highest BCUT2D eigenvalue weighted by molar-refractivity contribution is 5.83. The Balaban J connectivity index is 1.57. The summed E-state index contributed by atoms with van der Waals surface area (Å²) in [6, 6.07) is 10.7. The lowest BCUT2D eigenvalue weighted by Gasteiger charge is -2.27. The SMILES string of the molecule is C[C@H](C(=O)N[C@H]1CCCc2[nH]c(=O)ccc21)n1cnc2ccccc21. The van der Waals surface area contributed by atoms with E-state index in [9.17, 15) is 9.59 Å². The Kier molecular flexibility index (Phi) is 3.87. The van der Waals surface area contributed by atoms with E-state index < -0.39 is 0 Å². The maximum atomic E-state index is 12.8. The minimum absolute atomic E-state index is 0.0489. The fourth-order valence-corrected chi connectivity index (χ4v) is 3.56. The van der Waals surface area contributed by atoms with E-state index in [-0.39, 0.29) is 23.6 Å². The van der Waals surface area contributed by atoms with Crippen LogP contribution in [-0.4, -0.2) is 20.4 Å². The van der Waals surface area contributed by atoms with Crippen LogP contribution in [0.25, 0.3) is 11.0 Å². The Morgan fingerprint density at radius 2 is 2.16 bits per heavy atom. The number of pyridine rings is 1. The molecule has 2 N–H and O–H groups in total. The maximum Gasteiger partial charge on any atom is 0.248 e. The van der Waals surface area contributed by atoms with Crippen LogP contribution in [0.5, 0.6) is 0 Å². The molecule has 1 aromatic carbocycles. The number of hydrogen-bond donors (Lipinski definition) is 2. The summed E-state index contributed by atoms with van der Waals surface area (Å²) in [7, 11) is 0. The molecule has 0 saturated heterocycles. The third-order valence-corrected chi connectivity index (χ3v) is 4.93. The zero-order valence-electron chi connectivity index (χ0n) is 14.0. The number of rotatable bonds is 3. The second-order valence-electron chi connectivity index (χ2n) is 6.53. The average molecular weight is 336 g/mol. The lowest BCUT2D eigenvalue weighted by molar-refractivity contribution is -0.124. The molecule has 1 amide bonds. The summed E-state index contributed by atoms with van der Waals surface area (Å²) < 4.78 is 1.89. The number of carbonyl (C=O) groups is 1. The Hall–Kier alpha value is -2.89. The van der Waals surface area contributed by atoms with Crippen LogP contribution >= 0.6 is 0 Å². The molecule has 128 valence electrons. The van der Waals surface area contributed by atoms with Gasteiger partial charge in [-0.2, -0.15) is 0 Å². The number of aryl methyl sites for hydroxylation is 1. The summed E-state index contributed by atoms with van der Waals surface area (Å²) in [5, 5.41) is 3.14. The molecule has 0 spiro atoms. The number of imidazole rings is 1. The van der Waals surface area contributed by atoms with E-state index in [4.69, 9.17) is 0 Å². The third-order valence-electron chi connectivity index (χ3n) is 4.93.